The number of halogens is 3. The lowest BCUT2D eigenvalue weighted by molar-refractivity contribution is 0.102. The van der Waals surface area contributed by atoms with Crippen LogP contribution in [0.25, 0.3) is 10.8 Å². The van der Waals surface area contributed by atoms with E-state index in [0.717, 1.165) is 10.8 Å². The largest absolute Gasteiger partial charge is 0.319 e. The first kappa shape index (κ1) is 15.1. The standard InChI is InChI=1S/C16H9Cl3N2O/c17-10-5-6-12(18)13(8-10)21-16(22)14-7-9-3-1-2-4-11(9)15(19)20-14/h1-8H,(H,21,22). The molecule has 3 aromatic rings. The first-order valence-corrected chi connectivity index (χ1v) is 7.49. The molecule has 1 heterocycles. The highest BCUT2D eigenvalue weighted by atomic mass is 35.5. The smallest absolute Gasteiger partial charge is 0.274 e. The van der Waals surface area contributed by atoms with Crippen molar-refractivity contribution < 1.29 is 4.79 Å². The maximum atomic E-state index is 12.3. The molecule has 0 aliphatic heterocycles. The molecule has 110 valence electrons. The minimum absolute atomic E-state index is 0.208. The normalized spacial score (nSPS) is 10.7. The number of carbonyl (C=O) groups is 1. The molecule has 0 aliphatic rings. The number of aromatic nitrogens is 1. The van der Waals surface area contributed by atoms with Crippen LogP contribution >= 0.6 is 34.8 Å². The van der Waals surface area contributed by atoms with Crippen molar-refractivity contribution in [3.05, 3.63) is 69.4 Å². The second-order valence-corrected chi connectivity index (χ2v) is 5.80. The fraction of sp³-hybridized carbons (Fsp3) is 0. The summed E-state index contributed by atoms with van der Waals surface area (Å²) in [6.07, 6.45) is 0. The van der Waals surface area contributed by atoms with E-state index in [1.54, 1.807) is 24.3 Å². The Hall–Kier alpha value is -1.81. The van der Waals surface area contributed by atoms with E-state index < -0.39 is 5.91 Å². The van der Waals surface area contributed by atoms with Crippen LogP contribution in [0, 0.1) is 0 Å². The lowest BCUT2D eigenvalue weighted by Crippen LogP contribution is -2.14. The Bertz CT molecular complexity index is 880. The third-order valence-electron chi connectivity index (χ3n) is 3.10. The first-order chi connectivity index (χ1) is 10.5. The van der Waals surface area contributed by atoms with Gasteiger partial charge in [0.05, 0.1) is 10.7 Å². The maximum Gasteiger partial charge on any atom is 0.274 e. The van der Waals surface area contributed by atoms with Crippen LogP contribution < -0.4 is 5.32 Å². The van der Waals surface area contributed by atoms with E-state index in [9.17, 15) is 4.79 Å². The summed E-state index contributed by atoms with van der Waals surface area (Å²) in [5, 5.41) is 5.46. The molecule has 3 rings (SSSR count). The summed E-state index contributed by atoms with van der Waals surface area (Å²) in [5.74, 6) is -0.406. The Kier molecular flexibility index (Phi) is 4.21. The molecule has 0 radical (unpaired) electrons. The predicted molar refractivity (Wildman–Crippen MR) is 91.2 cm³/mol. The number of rotatable bonds is 2. The number of carbonyl (C=O) groups excluding carboxylic acids is 1. The van der Waals surface area contributed by atoms with Crippen molar-refractivity contribution in [3.8, 4) is 0 Å². The summed E-state index contributed by atoms with van der Waals surface area (Å²) in [6, 6.07) is 14.0. The number of pyridine rings is 1. The van der Waals surface area contributed by atoms with Gasteiger partial charge in [-0.15, -0.1) is 0 Å². The Morgan fingerprint density at radius 2 is 1.77 bits per heavy atom. The van der Waals surface area contributed by atoms with Gasteiger partial charge in [-0.3, -0.25) is 4.79 Å². The van der Waals surface area contributed by atoms with Gasteiger partial charge in [0.25, 0.3) is 5.91 Å². The molecule has 3 nitrogen and oxygen atoms in total. The van der Waals surface area contributed by atoms with Gasteiger partial charge in [-0.05, 0) is 29.7 Å². The molecule has 0 fully saturated rings. The average molecular weight is 352 g/mol. The zero-order chi connectivity index (χ0) is 15.7. The topological polar surface area (TPSA) is 42.0 Å². The van der Waals surface area contributed by atoms with Crippen LogP contribution in [0.2, 0.25) is 15.2 Å². The Morgan fingerprint density at radius 1 is 1.00 bits per heavy atom. The summed E-state index contributed by atoms with van der Waals surface area (Å²) in [5.41, 5.74) is 0.630. The molecule has 0 aliphatic carbocycles. The quantitative estimate of drug-likeness (QED) is 0.624. The second-order valence-electron chi connectivity index (χ2n) is 4.60. The molecule has 0 atom stereocenters. The van der Waals surface area contributed by atoms with Gasteiger partial charge in [0, 0.05) is 10.4 Å². The van der Waals surface area contributed by atoms with Crippen LogP contribution in [0.15, 0.2) is 48.5 Å². The van der Waals surface area contributed by atoms with E-state index in [-0.39, 0.29) is 10.8 Å². The highest BCUT2D eigenvalue weighted by Crippen LogP contribution is 2.27. The van der Waals surface area contributed by atoms with Crippen molar-refractivity contribution in [1.82, 2.24) is 4.98 Å². The van der Waals surface area contributed by atoms with E-state index >= 15 is 0 Å². The molecule has 0 bridgehead atoms. The van der Waals surface area contributed by atoms with Crippen molar-refractivity contribution in [2.45, 2.75) is 0 Å². The molecule has 1 aromatic heterocycles. The van der Waals surface area contributed by atoms with Gasteiger partial charge >= 0.3 is 0 Å². The molecule has 0 saturated heterocycles. The molecule has 0 saturated carbocycles. The number of nitrogens with zero attached hydrogens (tertiary/aromatic N) is 1. The zero-order valence-electron chi connectivity index (χ0n) is 11.1. The van der Waals surface area contributed by atoms with E-state index in [1.807, 2.05) is 24.3 Å². The fourth-order valence-corrected chi connectivity index (χ4v) is 2.65. The van der Waals surface area contributed by atoms with Crippen LogP contribution in [0.3, 0.4) is 0 Å². The number of amides is 1. The van der Waals surface area contributed by atoms with Crippen LogP contribution in [-0.4, -0.2) is 10.9 Å². The van der Waals surface area contributed by atoms with Gasteiger partial charge in [0.15, 0.2) is 0 Å². The van der Waals surface area contributed by atoms with E-state index in [2.05, 4.69) is 10.3 Å². The van der Waals surface area contributed by atoms with Gasteiger partial charge in [0.1, 0.15) is 10.8 Å². The fourth-order valence-electron chi connectivity index (χ4n) is 2.05. The van der Waals surface area contributed by atoms with Crippen LogP contribution in [0.5, 0.6) is 0 Å². The molecular weight excluding hydrogens is 343 g/mol. The van der Waals surface area contributed by atoms with E-state index in [0.29, 0.717) is 15.7 Å². The average Bonchev–Trinajstić information content (AvgIpc) is 2.51. The Morgan fingerprint density at radius 3 is 2.59 bits per heavy atom. The molecule has 6 heteroatoms. The summed E-state index contributed by atoms with van der Waals surface area (Å²) in [6.45, 7) is 0. The lowest BCUT2D eigenvalue weighted by atomic mass is 10.1. The number of fused-ring (bicyclic) bond motifs is 1. The highest BCUT2D eigenvalue weighted by molar-refractivity contribution is 6.36. The monoisotopic (exact) mass is 350 g/mol. The van der Waals surface area contributed by atoms with Crippen molar-refractivity contribution in [2.24, 2.45) is 0 Å². The van der Waals surface area contributed by atoms with Crippen LogP contribution in [-0.2, 0) is 0 Å². The molecule has 0 spiro atoms. The molecule has 1 amide bonds. The number of hydrogen-bond acceptors (Lipinski definition) is 2. The molecule has 0 unspecified atom stereocenters. The molecular formula is C16H9Cl3N2O. The van der Waals surface area contributed by atoms with Gasteiger partial charge in [-0.25, -0.2) is 4.98 Å². The van der Waals surface area contributed by atoms with Crippen molar-refractivity contribution in [1.29, 1.82) is 0 Å². The van der Waals surface area contributed by atoms with Crippen LogP contribution in [0.4, 0.5) is 5.69 Å². The van der Waals surface area contributed by atoms with Crippen molar-refractivity contribution >= 4 is 57.2 Å². The summed E-state index contributed by atoms with van der Waals surface area (Å²) in [7, 11) is 0. The summed E-state index contributed by atoms with van der Waals surface area (Å²) >= 11 is 18.1. The predicted octanol–water partition coefficient (Wildman–Crippen LogP) is 5.45. The number of nitrogens with one attached hydrogen (secondary N) is 1. The second kappa shape index (κ2) is 6.13. The van der Waals surface area contributed by atoms with Gasteiger partial charge in [-0.2, -0.15) is 0 Å². The third kappa shape index (κ3) is 3.02. The summed E-state index contributed by atoms with van der Waals surface area (Å²) in [4.78, 5) is 16.5. The highest BCUT2D eigenvalue weighted by Gasteiger charge is 2.13. The van der Waals surface area contributed by atoms with Crippen molar-refractivity contribution in [2.75, 3.05) is 5.32 Å². The van der Waals surface area contributed by atoms with Gasteiger partial charge in [0.2, 0.25) is 0 Å². The van der Waals surface area contributed by atoms with E-state index in [1.165, 1.54) is 0 Å². The first-order valence-electron chi connectivity index (χ1n) is 6.36. The Labute approximate surface area is 141 Å². The third-order valence-corrected chi connectivity index (χ3v) is 3.96. The number of anilines is 1. The molecule has 1 N–H and O–H groups in total. The van der Waals surface area contributed by atoms with Gasteiger partial charge < -0.3 is 5.32 Å². The minimum atomic E-state index is -0.406. The number of benzene rings is 2. The number of hydrogen-bond donors (Lipinski definition) is 1. The van der Waals surface area contributed by atoms with Gasteiger partial charge in [-0.1, -0.05) is 59.1 Å². The van der Waals surface area contributed by atoms with E-state index in [4.69, 9.17) is 34.8 Å². The van der Waals surface area contributed by atoms with Crippen LogP contribution in [0.1, 0.15) is 10.5 Å². The summed E-state index contributed by atoms with van der Waals surface area (Å²) < 4.78 is 0. The SMILES string of the molecule is O=C(Nc1cc(Cl)ccc1Cl)c1cc2ccccc2c(Cl)n1. The molecule has 2 aromatic carbocycles. The molecule has 22 heavy (non-hydrogen) atoms. The lowest BCUT2D eigenvalue weighted by Gasteiger charge is -2.08. The minimum Gasteiger partial charge on any atom is -0.319 e. The van der Waals surface area contributed by atoms with Crippen molar-refractivity contribution in [3.63, 3.8) is 0 Å². The maximum absolute atomic E-state index is 12.3. The zero-order valence-corrected chi connectivity index (χ0v) is 13.4. The Balaban J connectivity index is 1.97.